The molecule has 1 atom stereocenters. The van der Waals surface area contributed by atoms with E-state index in [4.69, 9.17) is 0 Å². The first-order valence-corrected chi connectivity index (χ1v) is 8.15. The van der Waals surface area contributed by atoms with Crippen molar-refractivity contribution in [3.8, 4) is 0 Å². The fourth-order valence-corrected chi connectivity index (χ4v) is 3.90. The molecule has 0 aliphatic carbocycles. The first-order chi connectivity index (χ1) is 10.7. The molecule has 2 heteroatoms. The third-order valence-corrected chi connectivity index (χ3v) is 5.01. The summed E-state index contributed by atoms with van der Waals surface area (Å²) in [6.07, 6.45) is 0.992. The number of nitrogens with zero attached hydrogens (tertiary/aromatic N) is 1. The van der Waals surface area contributed by atoms with Crippen molar-refractivity contribution < 1.29 is 4.79 Å². The van der Waals surface area contributed by atoms with Crippen LogP contribution in [0.3, 0.4) is 0 Å². The molecule has 0 spiro atoms. The first-order valence-electron chi connectivity index (χ1n) is 8.15. The molecule has 22 heavy (non-hydrogen) atoms. The molecule has 0 aromatic heterocycles. The van der Waals surface area contributed by atoms with E-state index in [1.807, 2.05) is 41.3 Å². The van der Waals surface area contributed by atoms with Gasteiger partial charge in [0.2, 0.25) is 5.91 Å². The van der Waals surface area contributed by atoms with Crippen molar-refractivity contribution in [2.24, 2.45) is 5.92 Å². The molecule has 0 bridgehead atoms. The molecule has 2 nitrogen and oxygen atoms in total. The highest BCUT2D eigenvalue weighted by atomic mass is 16.2. The Kier molecular flexibility index (Phi) is 4.02. The lowest BCUT2D eigenvalue weighted by molar-refractivity contribution is -0.131. The van der Waals surface area contributed by atoms with Crippen molar-refractivity contribution >= 4 is 5.91 Å². The summed E-state index contributed by atoms with van der Waals surface area (Å²) in [5, 5.41) is 0. The van der Waals surface area contributed by atoms with Crippen molar-refractivity contribution in [3.63, 3.8) is 0 Å². The minimum atomic E-state index is -0.534. The number of hydrogen-bond acceptors (Lipinski definition) is 1. The van der Waals surface area contributed by atoms with Crippen LogP contribution in [-0.2, 0) is 10.2 Å². The highest BCUT2D eigenvalue weighted by Gasteiger charge is 2.54. The van der Waals surface area contributed by atoms with Gasteiger partial charge in [0.05, 0.1) is 0 Å². The van der Waals surface area contributed by atoms with Gasteiger partial charge in [-0.1, -0.05) is 67.6 Å². The van der Waals surface area contributed by atoms with E-state index >= 15 is 0 Å². The van der Waals surface area contributed by atoms with Crippen molar-refractivity contribution in [2.45, 2.75) is 25.7 Å². The molecule has 0 N–H and O–H groups in total. The predicted octanol–water partition coefficient (Wildman–Crippen LogP) is 3.86. The summed E-state index contributed by atoms with van der Waals surface area (Å²) in [5.74, 6) is 0.559. The number of amides is 1. The smallest absolute Gasteiger partial charge is 0.238 e. The van der Waals surface area contributed by atoms with E-state index in [0.29, 0.717) is 5.92 Å². The van der Waals surface area contributed by atoms with Crippen molar-refractivity contribution in [2.75, 3.05) is 13.1 Å². The lowest BCUT2D eigenvalue weighted by Gasteiger charge is -2.33. The standard InChI is InChI=1S/C20H23NO/c1-3-16-15-21(4-2)19(22)20(16,17-11-7-5-8-12-17)18-13-9-6-10-14-18/h5-14,16H,3-4,15H2,1-2H3. The van der Waals surface area contributed by atoms with Crippen LogP contribution in [0.2, 0.25) is 0 Å². The molecular formula is C20H23NO. The second-order valence-corrected chi connectivity index (χ2v) is 5.99. The third kappa shape index (κ3) is 2.06. The molecular weight excluding hydrogens is 270 g/mol. The van der Waals surface area contributed by atoms with Crippen LogP contribution in [0, 0.1) is 5.92 Å². The van der Waals surface area contributed by atoms with E-state index in [1.165, 1.54) is 0 Å². The fourth-order valence-electron chi connectivity index (χ4n) is 3.90. The lowest BCUT2D eigenvalue weighted by Crippen LogP contribution is -2.41. The largest absolute Gasteiger partial charge is 0.342 e. The van der Waals surface area contributed by atoms with E-state index in [1.54, 1.807) is 0 Å². The number of hydrogen-bond donors (Lipinski definition) is 0. The van der Waals surface area contributed by atoms with Gasteiger partial charge < -0.3 is 4.90 Å². The molecule has 1 fully saturated rings. The monoisotopic (exact) mass is 293 g/mol. The van der Waals surface area contributed by atoms with Gasteiger partial charge in [0.25, 0.3) is 0 Å². The van der Waals surface area contributed by atoms with Crippen LogP contribution >= 0.6 is 0 Å². The Hall–Kier alpha value is -2.09. The summed E-state index contributed by atoms with van der Waals surface area (Å²) in [6.45, 7) is 5.88. The summed E-state index contributed by atoms with van der Waals surface area (Å²) in [6, 6.07) is 20.6. The molecule has 1 saturated heterocycles. The van der Waals surface area contributed by atoms with Crippen molar-refractivity contribution in [3.05, 3.63) is 71.8 Å². The Morgan fingerprint density at radius 1 is 0.955 bits per heavy atom. The zero-order valence-electron chi connectivity index (χ0n) is 13.3. The van der Waals surface area contributed by atoms with Gasteiger partial charge in [0, 0.05) is 13.1 Å². The SMILES string of the molecule is CCC1CN(CC)C(=O)C1(c1ccccc1)c1ccccc1. The van der Waals surface area contributed by atoms with Crippen LogP contribution in [0.4, 0.5) is 0 Å². The van der Waals surface area contributed by atoms with Gasteiger partial charge in [-0.05, 0) is 30.4 Å². The summed E-state index contributed by atoms with van der Waals surface area (Å²) < 4.78 is 0. The maximum atomic E-state index is 13.4. The Bertz CT molecular complexity index is 596. The average molecular weight is 293 g/mol. The number of carbonyl (C=O) groups is 1. The summed E-state index contributed by atoms with van der Waals surface area (Å²) in [7, 11) is 0. The Labute approximate surface area is 132 Å². The van der Waals surface area contributed by atoms with Crippen LogP contribution in [-0.4, -0.2) is 23.9 Å². The van der Waals surface area contributed by atoms with E-state index in [-0.39, 0.29) is 5.91 Å². The van der Waals surface area contributed by atoms with Gasteiger partial charge in [-0.25, -0.2) is 0 Å². The average Bonchev–Trinajstić information content (AvgIpc) is 2.89. The highest BCUT2D eigenvalue weighted by Crippen LogP contribution is 2.47. The summed E-state index contributed by atoms with van der Waals surface area (Å²) in [5.41, 5.74) is 1.70. The molecule has 0 saturated carbocycles. The van der Waals surface area contributed by atoms with E-state index in [9.17, 15) is 4.79 Å². The second-order valence-electron chi connectivity index (χ2n) is 5.99. The Morgan fingerprint density at radius 3 is 1.86 bits per heavy atom. The Morgan fingerprint density at radius 2 is 1.45 bits per heavy atom. The van der Waals surface area contributed by atoms with E-state index in [0.717, 1.165) is 30.6 Å². The number of likely N-dealkylation sites (N-methyl/N-ethyl adjacent to an activating group) is 1. The number of carbonyl (C=O) groups excluding carboxylic acids is 1. The molecule has 1 unspecified atom stereocenters. The van der Waals surface area contributed by atoms with Crippen molar-refractivity contribution in [1.82, 2.24) is 4.90 Å². The lowest BCUT2D eigenvalue weighted by atomic mass is 9.66. The summed E-state index contributed by atoms with van der Waals surface area (Å²) in [4.78, 5) is 15.4. The van der Waals surface area contributed by atoms with E-state index < -0.39 is 5.41 Å². The third-order valence-electron chi connectivity index (χ3n) is 5.01. The summed E-state index contributed by atoms with van der Waals surface area (Å²) >= 11 is 0. The maximum Gasteiger partial charge on any atom is 0.238 e. The maximum absolute atomic E-state index is 13.4. The van der Waals surface area contributed by atoms with Crippen LogP contribution in [0.1, 0.15) is 31.4 Å². The quantitative estimate of drug-likeness (QED) is 0.838. The predicted molar refractivity (Wildman–Crippen MR) is 89.7 cm³/mol. The molecule has 1 aliphatic rings. The fraction of sp³-hybridized carbons (Fsp3) is 0.350. The highest BCUT2D eigenvalue weighted by molar-refractivity contribution is 5.94. The molecule has 1 heterocycles. The molecule has 1 amide bonds. The molecule has 2 aromatic rings. The molecule has 114 valence electrons. The van der Waals surface area contributed by atoms with Crippen LogP contribution in [0.5, 0.6) is 0 Å². The number of rotatable bonds is 4. The topological polar surface area (TPSA) is 20.3 Å². The van der Waals surface area contributed by atoms with Crippen LogP contribution in [0.15, 0.2) is 60.7 Å². The zero-order valence-corrected chi connectivity index (χ0v) is 13.3. The number of benzene rings is 2. The number of likely N-dealkylation sites (tertiary alicyclic amines) is 1. The van der Waals surface area contributed by atoms with Gasteiger partial charge in [0.15, 0.2) is 0 Å². The van der Waals surface area contributed by atoms with Crippen LogP contribution in [0.25, 0.3) is 0 Å². The second kappa shape index (κ2) is 5.96. The van der Waals surface area contributed by atoms with Crippen molar-refractivity contribution in [1.29, 1.82) is 0 Å². The first kappa shape index (κ1) is 14.8. The zero-order chi connectivity index (χ0) is 15.6. The molecule has 1 aliphatic heterocycles. The van der Waals surface area contributed by atoms with Gasteiger partial charge in [0.1, 0.15) is 5.41 Å². The van der Waals surface area contributed by atoms with Gasteiger partial charge in [-0.15, -0.1) is 0 Å². The van der Waals surface area contributed by atoms with Gasteiger partial charge in [-0.3, -0.25) is 4.79 Å². The minimum Gasteiger partial charge on any atom is -0.342 e. The van der Waals surface area contributed by atoms with E-state index in [2.05, 4.69) is 38.1 Å². The molecule has 2 aromatic carbocycles. The van der Waals surface area contributed by atoms with Gasteiger partial charge >= 0.3 is 0 Å². The molecule has 3 rings (SSSR count). The minimum absolute atomic E-state index is 0.249. The normalized spacial score (nSPS) is 20.4. The van der Waals surface area contributed by atoms with Gasteiger partial charge in [-0.2, -0.15) is 0 Å². The molecule has 0 radical (unpaired) electrons. The van der Waals surface area contributed by atoms with Crippen LogP contribution < -0.4 is 0 Å². The Balaban J connectivity index is 2.26.